The first-order chi connectivity index (χ1) is 9.10. The van der Waals surface area contributed by atoms with Crippen LogP contribution in [-0.2, 0) is 0 Å². The normalized spacial score (nSPS) is 10.8. The maximum absolute atomic E-state index is 4.54. The van der Waals surface area contributed by atoms with E-state index in [0.717, 1.165) is 21.9 Å². The molecule has 1 heterocycles. The highest BCUT2D eigenvalue weighted by Gasteiger charge is 2.08. The molecular formula is C14H16BrN3S. The summed E-state index contributed by atoms with van der Waals surface area (Å²) >= 11 is 5.15. The van der Waals surface area contributed by atoms with Gasteiger partial charge in [-0.2, -0.15) is 0 Å². The number of rotatable bonds is 4. The summed E-state index contributed by atoms with van der Waals surface area (Å²) in [6, 6.07) is 10.1. The molecule has 0 aliphatic rings. The first kappa shape index (κ1) is 14.3. The Morgan fingerprint density at radius 3 is 2.63 bits per heavy atom. The lowest BCUT2D eigenvalue weighted by atomic mass is 10.2. The molecule has 0 radical (unpaired) electrons. The number of nitrogens with one attached hydrogen (secondary N) is 1. The molecule has 0 bridgehead atoms. The lowest BCUT2D eigenvalue weighted by Gasteiger charge is -2.12. The molecule has 0 atom stereocenters. The Morgan fingerprint density at radius 2 is 1.95 bits per heavy atom. The number of para-hydroxylation sites is 1. The summed E-state index contributed by atoms with van der Waals surface area (Å²) in [5.41, 5.74) is 1.07. The van der Waals surface area contributed by atoms with Crippen LogP contribution in [0.15, 0.2) is 39.8 Å². The van der Waals surface area contributed by atoms with Crippen LogP contribution < -0.4 is 5.32 Å². The first-order valence-corrected chi connectivity index (χ1v) is 8.06. The maximum Gasteiger partial charge on any atom is 0.135 e. The highest BCUT2D eigenvalue weighted by molar-refractivity contribution is 9.10. The van der Waals surface area contributed by atoms with Crippen LogP contribution in [-0.4, -0.2) is 16.2 Å². The average molecular weight is 338 g/mol. The first-order valence-electron chi connectivity index (χ1n) is 6.04. The van der Waals surface area contributed by atoms with Gasteiger partial charge in [-0.1, -0.05) is 26.0 Å². The topological polar surface area (TPSA) is 37.8 Å². The average Bonchev–Trinajstić information content (AvgIpc) is 2.38. The van der Waals surface area contributed by atoms with Gasteiger partial charge in [0.25, 0.3) is 0 Å². The van der Waals surface area contributed by atoms with Crippen molar-refractivity contribution in [3.8, 4) is 0 Å². The molecule has 1 aromatic carbocycles. The van der Waals surface area contributed by atoms with E-state index in [0.29, 0.717) is 5.92 Å². The van der Waals surface area contributed by atoms with Crippen molar-refractivity contribution in [3.63, 3.8) is 0 Å². The molecule has 0 amide bonds. The van der Waals surface area contributed by atoms with Gasteiger partial charge in [-0.05, 0) is 34.3 Å². The van der Waals surface area contributed by atoms with Crippen LogP contribution in [0.1, 0.15) is 25.6 Å². The number of aromatic nitrogens is 2. The molecule has 2 rings (SSSR count). The third-order valence-electron chi connectivity index (χ3n) is 2.60. The fourth-order valence-corrected chi connectivity index (χ4v) is 2.60. The van der Waals surface area contributed by atoms with E-state index < -0.39 is 0 Å². The molecule has 0 fully saturated rings. The van der Waals surface area contributed by atoms with Crippen LogP contribution in [0.25, 0.3) is 0 Å². The summed E-state index contributed by atoms with van der Waals surface area (Å²) in [6.07, 6.45) is 2.07. The molecule has 1 aromatic heterocycles. The Labute approximate surface area is 126 Å². The summed E-state index contributed by atoms with van der Waals surface area (Å²) in [5.74, 6) is 1.94. The van der Waals surface area contributed by atoms with Gasteiger partial charge in [-0.25, -0.2) is 9.97 Å². The minimum Gasteiger partial charge on any atom is -0.339 e. The number of nitrogens with zero attached hydrogens (tertiary/aromatic N) is 2. The second kappa shape index (κ2) is 6.39. The molecule has 0 saturated heterocycles. The summed E-state index contributed by atoms with van der Waals surface area (Å²) < 4.78 is 0.801. The van der Waals surface area contributed by atoms with Gasteiger partial charge in [-0.3, -0.25) is 0 Å². The summed E-state index contributed by atoms with van der Waals surface area (Å²) in [7, 11) is 0. The van der Waals surface area contributed by atoms with Crippen molar-refractivity contribution in [1.29, 1.82) is 0 Å². The number of benzene rings is 1. The maximum atomic E-state index is 4.54. The van der Waals surface area contributed by atoms with Crippen LogP contribution in [0.4, 0.5) is 11.5 Å². The number of halogens is 1. The molecular weight excluding hydrogens is 322 g/mol. The smallest absolute Gasteiger partial charge is 0.135 e. The molecule has 0 saturated carbocycles. The Bertz CT molecular complexity index is 572. The van der Waals surface area contributed by atoms with E-state index >= 15 is 0 Å². The van der Waals surface area contributed by atoms with Crippen molar-refractivity contribution < 1.29 is 0 Å². The van der Waals surface area contributed by atoms with Gasteiger partial charge >= 0.3 is 0 Å². The monoisotopic (exact) mass is 337 g/mol. The molecule has 0 aliphatic heterocycles. The largest absolute Gasteiger partial charge is 0.339 e. The predicted octanol–water partition coefficient (Wildman–Crippen LogP) is 4.83. The minimum atomic E-state index is 0.300. The Kier molecular flexibility index (Phi) is 4.82. The van der Waals surface area contributed by atoms with Crippen molar-refractivity contribution in [2.24, 2.45) is 0 Å². The molecule has 19 heavy (non-hydrogen) atoms. The number of thioether (sulfide) groups is 1. The van der Waals surface area contributed by atoms with E-state index in [-0.39, 0.29) is 0 Å². The third kappa shape index (κ3) is 3.70. The fraction of sp³-hybridized carbons (Fsp3) is 0.286. The number of anilines is 2. The Balaban J connectivity index is 2.32. The van der Waals surface area contributed by atoms with Crippen LogP contribution in [0, 0.1) is 0 Å². The molecule has 5 heteroatoms. The molecule has 100 valence electrons. The number of hydrogen-bond acceptors (Lipinski definition) is 4. The zero-order valence-electron chi connectivity index (χ0n) is 11.1. The van der Waals surface area contributed by atoms with E-state index in [1.807, 2.05) is 18.2 Å². The van der Waals surface area contributed by atoms with Crippen LogP contribution >= 0.6 is 27.7 Å². The minimum absolute atomic E-state index is 0.300. The van der Waals surface area contributed by atoms with Crippen LogP contribution in [0.5, 0.6) is 0 Å². The van der Waals surface area contributed by atoms with E-state index in [1.165, 1.54) is 4.90 Å². The van der Waals surface area contributed by atoms with Gasteiger partial charge in [-0.15, -0.1) is 11.8 Å². The molecule has 1 N–H and O–H groups in total. The van der Waals surface area contributed by atoms with Crippen LogP contribution in [0.2, 0.25) is 0 Å². The van der Waals surface area contributed by atoms with Crippen molar-refractivity contribution in [1.82, 2.24) is 9.97 Å². The highest BCUT2D eigenvalue weighted by atomic mass is 79.9. The second-order valence-electron chi connectivity index (χ2n) is 4.41. The van der Waals surface area contributed by atoms with Crippen molar-refractivity contribution in [2.75, 3.05) is 11.6 Å². The Morgan fingerprint density at radius 1 is 1.21 bits per heavy atom. The number of hydrogen-bond donors (Lipinski definition) is 1. The van der Waals surface area contributed by atoms with Crippen LogP contribution in [0.3, 0.4) is 0 Å². The zero-order valence-corrected chi connectivity index (χ0v) is 13.5. The highest BCUT2D eigenvalue weighted by Crippen LogP contribution is 2.28. The molecule has 0 aliphatic carbocycles. The predicted molar refractivity (Wildman–Crippen MR) is 85.3 cm³/mol. The molecule has 0 unspecified atom stereocenters. The molecule has 2 aromatic rings. The summed E-state index contributed by atoms with van der Waals surface area (Å²) in [6.45, 7) is 4.17. The lowest BCUT2D eigenvalue weighted by molar-refractivity contribution is 0.771. The Hall–Kier alpha value is -1.07. The fourth-order valence-electron chi connectivity index (χ4n) is 1.64. The quantitative estimate of drug-likeness (QED) is 0.640. The van der Waals surface area contributed by atoms with E-state index in [1.54, 1.807) is 11.8 Å². The summed E-state index contributed by atoms with van der Waals surface area (Å²) in [5, 5.41) is 3.36. The third-order valence-corrected chi connectivity index (χ3v) is 3.80. The van der Waals surface area contributed by atoms with Gasteiger partial charge in [0.1, 0.15) is 16.2 Å². The summed E-state index contributed by atoms with van der Waals surface area (Å²) in [4.78, 5) is 10.1. The molecule has 0 spiro atoms. The van der Waals surface area contributed by atoms with Crippen molar-refractivity contribution >= 4 is 39.2 Å². The van der Waals surface area contributed by atoms with Gasteiger partial charge < -0.3 is 5.32 Å². The van der Waals surface area contributed by atoms with E-state index in [2.05, 4.69) is 63.5 Å². The van der Waals surface area contributed by atoms with E-state index in [4.69, 9.17) is 0 Å². The molecule has 3 nitrogen and oxygen atoms in total. The standard InChI is InChI=1S/C14H16BrN3S/c1-9(2)14-17-12(15)8-13(18-14)16-10-6-4-5-7-11(10)19-3/h4-9H,1-3H3,(H,16,17,18). The van der Waals surface area contributed by atoms with Gasteiger partial charge in [0.15, 0.2) is 0 Å². The zero-order chi connectivity index (χ0) is 13.8. The van der Waals surface area contributed by atoms with E-state index in [9.17, 15) is 0 Å². The van der Waals surface area contributed by atoms with Gasteiger partial charge in [0.05, 0.1) is 5.69 Å². The lowest BCUT2D eigenvalue weighted by Crippen LogP contribution is -2.02. The second-order valence-corrected chi connectivity index (χ2v) is 6.07. The van der Waals surface area contributed by atoms with Gasteiger partial charge in [0.2, 0.25) is 0 Å². The van der Waals surface area contributed by atoms with Crippen molar-refractivity contribution in [2.45, 2.75) is 24.7 Å². The van der Waals surface area contributed by atoms with Gasteiger partial charge in [0, 0.05) is 16.9 Å². The van der Waals surface area contributed by atoms with Crippen molar-refractivity contribution in [3.05, 3.63) is 40.8 Å². The SMILES string of the molecule is CSc1ccccc1Nc1cc(Br)nc(C(C)C)n1.